The molecule has 7 heteroatoms. The van der Waals surface area contributed by atoms with Crippen LogP contribution in [0, 0.1) is 5.82 Å². The van der Waals surface area contributed by atoms with E-state index in [0.29, 0.717) is 30.9 Å². The van der Waals surface area contributed by atoms with E-state index in [1.54, 1.807) is 6.07 Å². The van der Waals surface area contributed by atoms with Crippen LogP contribution in [-0.4, -0.2) is 27.9 Å². The van der Waals surface area contributed by atoms with Gasteiger partial charge in [0.25, 0.3) is 0 Å². The summed E-state index contributed by atoms with van der Waals surface area (Å²) >= 11 is 11.6. The first-order valence-corrected chi connectivity index (χ1v) is 7.08. The summed E-state index contributed by atoms with van der Waals surface area (Å²) in [5.41, 5.74) is 1.27. The first-order valence-electron chi connectivity index (χ1n) is 6.17. The minimum atomic E-state index is -0.497. The molecule has 0 spiro atoms. The first kappa shape index (κ1) is 15.1. The largest absolute Gasteiger partial charge is 0.355 e. The Morgan fingerprint density at radius 1 is 1.50 bits per heavy atom. The highest BCUT2D eigenvalue weighted by Gasteiger charge is 2.13. The Morgan fingerprint density at radius 3 is 2.90 bits per heavy atom. The number of rotatable bonds is 5. The molecule has 1 N–H and O–H groups in total. The van der Waals surface area contributed by atoms with Gasteiger partial charge in [-0.2, -0.15) is 0 Å². The number of hydrogen-bond donors (Lipinski definition) is 1. The van der Waals surface area contributed by atoms with Crippen molar-refractivity contribution in [1.82, 2.24) is 14.9 Å². The highest BCUT2D eigenvalue weighted by molar-refractivity contribution is 6.31. The molecule has 0 aliphatic carbocycles. The zero-order chi connectivity index (χ0) is 14.7. The SMILES string of the molecule is CC(=O)NCCn1c(CCCl)nc2cc(F)c(Cl)cc21. The van der Waals surface area contributed by atoms with Crippen molar-refractivity contribution in [2.75, 3.05) is 12.4 Å². The Morgan fingerprint density at radius 2 is 2.25 bits per heavy atom. The average molecular weight is 318 g/mol. The van der Waals surface area contributed by atoms with Crippen LogP contribution in [0.25, 0.3) is 11.0 Å². The third-order valence-electron chi connectivity index (χ3n) is 2.90. The summed E-state index contributed by atoms with van der Waals surface area (Å²) in [6, 6.07) is 2.86. The number of halogens is 3. The molecule has 20 heavy (non-hydrogen) atoms. The smallest absolute Gasteiger partial charge is 0.216 e. The predicted octanol–water partition coefficient (Wildman–Crippen LogP) is 2.75. The zero-order valence-electron chi connectivity index (χ0n) is 10.9. The number of fused-ring (bicyclic) bond motifs is 1. The predicted molar refractivity (Wildman–Crippen MR) is 77.8 cm³/mol. The van der Waals surface area contributed by atoms with Crippen molar-refractivity contribution >= 4 is 40.1 Å². The van der Waals surface area contributed by atoms with Crippen LogP contribution in [0.2, 0.25) is 5.02 Å². The topological polar surface area (TPSA) is 46.9 Å². The number of nitrogens with one attached hydrogen (secondary N) is 1. The molecule has 0 atom stereocenters. The Hall–Kier alpha value is -1.33. The molecular weight excluding hydrogens is 304 g/mol. The Labute approximate surface area is 125 Å². The van der Waals surface area contributed by atoms with E-state index in [4.69, 9.17) is 23.2 Å². The van der Waals surface area contributed by atoms with Crippen LogP contribution in [0.5, 0.6) is 0 Å². The van der Waals surface area contributed by atoms with Crippen molar-refractivity contribution in [3.63, 3.8) is 0 Å². The fourth-order valence-electron chi connectivity index (χ4n) is 2.04. The minimum Gasteiger partial charge on any atom is -0.355 e. The number of aromatic nitrogens is 2. The highest BCUT2D eigenvalue weighted by atomic mass is 35.5. The second kappa shape index (κ2) is 6.41. The van der Waals surface area contributed by atoms with Crippen molar-refractivity contribution in [3.8, 4) is 0 Å². The van der Waals surface area contributed by atoms with Gasteiger partial charge in [0.15, 0.2) is 0 Å². The van der Waals surface area contributed by atoms with Gasteiger partial charge in [0.1, 0.15) is 11.6 Å². The number of alkyl halides is 1. The summed E-state index contributed by atoms with van der Waals surface area (Å²) in [7, 11) is 0. The van der Waals surface area contributed by atoms with Crippen molar-refractivity contribution < 1.29 is 9.18 Å². The van der Waals surface area contributed by atoms with Crippen LogP contribution < -0.4 is 5.32 Å². The second-order valence-electron chi connectivity index (χ2n) is 4.36. The lowest BCUT2D eigenvalue weighted by molar-refractivity contribution is -0.118. The molecule has 0 aliphatic heterocycles. The first-order chi connectivity index (χ1) is 9.52. The van der Waals surface area contributed by atoms with Crippen LogP contribution in [0.4, 0.5) is 4.39 Å². The third-order valence-corrected chi connectivity index (χ3v) is 3.38. The molecular formula is C13H14Cl2FN3O. The van der Waals surface area contributed by atoms with Gasteiger partial charge in [-0.1, -0.05) is 11.6 Å². The number of aryl methyl sites for hydroxylation is 1. The molecule has 1 amide bonds. The third kappa shape index (κ3) is 3.22. The van der Waals surface area contributed by atoms with Crippen LogP contribution in [-0.2, 0) is 17.8 Å². The lowest BCUT2D eigenvalue weighted by Crippen LogP contribution is -2.25. The number of benzene rings is 1. The average Bonchev–Trinajstić information content (AvgIpc) is 2.68. The number of carbonyl (C=O) groups is 1. The Balaban J connectivity index is 2.39. The molecule has 2 rings (SSSR count). The summed E-state index contributed by atoms with van der Waals surface area (Å²) in [6.45, 7) is 2.45. The van der Waals surface area contributed by atoms with Crippen molar-refractivity contribution in [2.24, 2.45) is 0 Å². The van der Waals surface area contributed by atoms with E-state index in [2.05, 4.69) is 10.3 Å². The van der Waals surface area contributed by atoms with Gasteiger partial charge in [-0.05, 0) is 6.07 Å². The van der Waals surface area contributed by atoms with E-state index in [0.717, 1.165) is 11.3 Å². The number of hydrogen-bond acceptors (Lipinski definition) is 2. The fraction of sp³-hybridized carbons (Fsp3) is 0.385. The lowest BCUT2D eigenvalue weighted by atomic mass is 10.3. The Kier molecular flexibility index (Phi) is 4.83. The van der Waals surface area contributed by atoms with Gasteiger partial charge in [0.05, 0.1) is 16.1 Å². The molecule has 0 saturated heterocycles. The minimum absolute atomic E-state index is 0.0515. The van der Waals surface area contributed by atoms with E-state index >= 15 is 0 Å². The zero-order valence-corrected chi connectivity index (χ0v) is 12.4. The van der Waals surface area contributed by atoms with Gasteiger partial charge in [0.2, 0.25) is 5.91 Å². The van der Waals surface area contributed by atoms with Crippen LogP contribution >= 0.6 is 23.2 Å². The van der Waals surface area contributed by atoms with Crippen molar-refractivity contribution in [1.29, 1.82) is 0 Å². The van der Waals surface area contributed by atoms with Gasteiger partial charge in [-0.15, -0.1) is 11.6 Å². The van der Waals surface area contributed by atoms with Gasteiger partial charge in [-0.3, -0.25) is 4.79 Å². The molecule has 2 aromatic rings. The summed E-state index contributed by atoms with van der Waals surface area (Å²) in [5.74, 6) is 0.571. The molecule has 0 aliphatic rings. The van der Waals surface area contributed by atoms with Crippen LogP contribution in [0.3, 0.4) is 0 Å². The summed E-state index contributed by atoms with van der Waals surface area (Å²) < 4.78 is 15.4. The molecule has 0 fully saturated rings. The van der Waals surface area contributed by atoms with Gasteiger partial charge >= 0.3 is 0 Å². The maximum absolute atomic E-state index is 13.5. The molecule has 0 unspecified atom stereocenters. The summed E-state index contributed by atoms with van der Waals surface area (Å²) in [6.07, 6.45) is 0.565. The van der Waals surface area contributed by atoms with E-state index in [1.165, 1.54) is 13.0 Å². The molecule has 1 aromatic carbocycles. The number of imidazole rings is 1. The van der Waals surface area contributed by atoms with E-state index in [1.807, 2.05) is 4.57 Å². The van der Waals surface area contributed by atoms with E-state index < -0.39 is 5.82 Å². The van der Waals surface area contributed by atoms with E-state index in [9.17, 15) is 9.18 Å². The fourth-order valence-corrected chi connectivity index (χ4v) is 2.37. The molecule has 4 nitrogen and oxygen atoms in total. The summed E-state index contributed by atoms with van der Waals surface area (Å²) in [5, 5.41) is 2.77. The monoisotopic (exact) mass is 317 g/mol. The lowest BCUT2D eigenvalue weighted by Gasteiger charge is -2.09. The van der Waals surface area contributed by atoms with Crippen molar-refractivity contribution in [3.05, 3.63) is 28.8 Å². The van der Waals surface area contributed by atoms with Crippen molar-refractivity contribution in [2.45, 2.75) is 19.9 Å². The number of carbonyl (C=O) groups excluding carboxylic acids is 1. The standard InChI is InChI=1S/C13H14Cl2FN3O/c1-8(20)17-4-5-19-12-6-9(15)10(16)7-11(12)18-13(19)2-3-14/h6-7H,2-5H2,1H3,(H,17,20). The maximum Gasteiger partial charge on any atom is 0.216 e. The molecule has 1 aromatic heterocycles. The van der Waals surface area contributed by atoms with Crippen LogP contribution in [0.15, 0.2) is 12.1 Å². The van der Waals surface area contributed by atoms with Gasteiger partial charge in [-0.25, -0.2) is 9.37 Å². The molecule has 0 radical (unpaired) electrons. The molecule has 108 valence electrons. The van der Waals surface area contributed by atoms with Gasteiger partial charge < -0.3 is 9.88 Å². The van der Waals surface area contributed by atoms with Gasteiger partial charge in [0, 0.05) is 38.4 Å². The summed E-state index contributed by atoms with van der Waals surface area (Å²) in [4.78, 5) is 15.3. The normalized spacial score (nSPS) is 11.0. The molecule has 1 heterocycles. The molecule has 0 bridgehead atoms. The number of nitrogens with zero attached hydrogens (tertiary/aromatic N) is 2. The quantitative estimate of drug-likeness (QED) is 0.862. The van der Waals surface area contributed by atoms with Crippen LogP contribution in [0.1, 0.15) is 12.7 Å². The maximum atomic E-state index is 13.5. The Bertz CT molecular complexity index is 642. The highest BCUT2D eigenvalue weighted by Crippen LogP contribution is 2.24. The second-order valence-corrected chi connectivity index (χ2v) is 5.14. The number of amides is 1. The molecule has 0 saturated carbocycles. The van der Waals surface area contributed by atoms with E-state index in [-0.39, 0.29) is 10.9 Å².